The van der Waals surface area contributed by atoms with E-state index in [4.69, 9.17) is 0 Å². The second-order valence-electron chi connectivity index (χ2n) is 7.88. The molecule has 3 rings (SSSR count). The van der Waals surface area contributed by atoms with Crippen LogP contribution in [-0.2, 0) is 0 Å². The summed E-state index contributed by atoms with van der Waals surface area (Å²) in [7, 11) is 0. The number of unbranched alkanes of at least 4 members (excludes halogenated alkanes) is 1. The van der Waals surface area contributed by atoms with Crippen molar-refractivity contribution in [3.05, 3.63) is 30.3 Å². The fourth-order valence-corrected chi connectivity index (χ4v) is 4.24. The molecule has 0 aliphatic carbocycles. The highest BCUT2D eigenvalue weighted by molar-refractivity contribution is 5.74. The van der Waals surface area contributed by atoms with E-state index in [1.807, 2.05) is 0 Å². The minimum Gasteiger partial charge on any atom is -0.369 e. The number of piperazine rings is 1. The average molecular weight is 373 g/mol. The Labute approximate surface area is 164 Å². The predicted molar refractivity (Wildman–Crippen MR) is 112 cm³/mol. The number of carbonyl (C=O) groups excluding carboxylic acids is 1. The lowest BCUT2D eigenvalue weighted by molar-refractivity contribution is 0.134. The van der Waals surface area contributed by atoms with Crippen LogP contribution in [0.25, 0.3) is 0 Å². The zero-order valence-corrected chi connectivity index (χ0v) is 16.9. The van der Waals surface area contributed by atoms with Crippen molar-refractivity contribution in [3.63, 3.8) is 0 Å². The van der Waals surface area contributed by atoms with E-state index in [1.165, 1.54) is 12.1 Å². The molecule has 5 nitrogen and oxygen atoms in total. The summed E-state index contributed by atoms with van der Waals surface area (Å²) in [5.41, 5.74) is 1.33. The van der Waals surface area contributed by atoms with E-state index >= 15 is 0 Å². The largest absolute Gasteiger partial charge is 0.369 e. The molecule has 5 heteroatoms. The standard InChI is InChI=1S/C22H36N4O/c1-2-3-13-23-22(27)26-14-8-7-11-21(26)12-15-24-16-18-25(19-17-24)20-9-5-4-6-10-20/h4-6,9-10,21H,2-3,7-8,11-19H2,1H3,(H,23,27). The number of piperidine rings is 1. The van der Waals surface area contributed by atoms with Gasteiger partial charge in [0.05, 0.1) is 0 Å². The number of carbonyl (C=O) groups is 1. The zero-order chi connectivity index (χ0) is 18.9. The van der Waals surface area contributed by atoms with Crippen LogP contribution in [0.4, 0.5) is 10.5 Å². The second-order valence-corrected chi connectivity index (χ2v) is 7.88. The molecule has 0 bridgehead atoms. The Morgan fingerprint density at radius 1 is 1.07 bits per heavy atom. The van der Waals surface area contributed by atoms with Gasteiger partial charge in [-0.25, -0.2) is 4.79 Å². The fraction of sp³-hybridized carbons (Fsp3) is 0.682. The van der Waals surface area contributed by atoms with Gasteiger partial charge in [0, 0.05) is 57.5 Å². The van der Waals surface area contributed by atoms with Crippen LogP contribution in [0.3, 0.4) is 0 Å². The number of hydrogen-bond donors (Lipinski definition) is 1. The summed E-state index contributed by atoms with van der Waals surface area (Å²) in [5, 5.41) is 3.11. The van der Waals surface area contributed by atoms with Crippen molar-refractivity contribution in [1.29, 1.82) is 0 Å². The van der Waals surface area contributed by atoms with Crippen LogP contribution in [0.15, 0.2) is 30.3 Å². The molecular weight excluding hydrogens is 336 g/mol. The first kappa shape index (κ1) is 20.0. The number of urea groups is 1. The monoisotopic (exact) mass is 372 g/mol. The average Bonchev–Trinajstić information content (AvgIpc) is 2.73. The molecule has 27 heavy (non-hydrogen) atoms. The van der Waals surface area contributed by atoms with Crippen molar-refractivity contribution in [2.45, 2.75) is 51.5 Å². The van der Waals surface area contributed by atoms with E-state index in [1.54, 1.807) is 0 Å². The molecule has 2 saturated heterocycles. The van der Waals surface area contributed by atoms with Gasteiger partial charge in [-0.15, -0.1) is 0 Å². The minimum absolute atomic E-state index is 0.155. The Morgan fingerprint density at radius 2 is 1.85 bits per heavy atom. The molecule has 1 aromatic rings. The Morgan fingerprint density at radius 3 is 2.59 bits per heavy atom. The third-order valence-electron chi connectivity index (χ3n) is 5.97. The SMILES string of the molecule is CCCCNC(=O)N1CCCCC1CCN1CCN(c2ccccc2)CC1. The summed E-state index contributed by atoms with van der Waals surface area (Å²) in [4.78, 5) is 19.7. The van der Waals surface area contributed by atoms with Crippen LogP contribution in [0.5, 0.6) is 0 Å². The number of nitrogens with one attached hydrogen (secondary N) is 1. The van der Waals surface area contributed by atoms with Crippen LogP contribution in [0, 0.1) is 0 Å². The highest BCUT2D eigenvalue weighted by atomic mass is 16.2. The molecule has 1 unspecified atom stereocenters. The molecule has 2 aliphatic heterocycles. The van der Waals surface area contributed by atoms with Crippen molar-refractivity contribution in [3.8, 4) is 0 Å². The lowest BCUT2D eigenvalue weighted by atomic mass is 9.99. The van der Waals surface area contributed by atoms with Crippen molar-refractivity contribution in [1.82, 2.24) is 15.1 Å². The maximum atomic E-state index is 12.5. The summed E-state index contributed by atoms with van der Waals surface area (Å²) in [6, 6.07) is 11.3. The number of rotatable bonds is 7. The Balaban J connectivity index is 1.42. The van der Waals surface area contributed by atoms with Gasteiger partial charge in [-0.3, -0.25) is 4.90 Å². The molecule has 0 spiro atoms. The van der Waals surface area contributed by atoms with Gasteiger partial charge in [0.1, 0.15) is 0 Å². The maximum absolute atomic E-state index is 12.5. The highest BCUT2D eigenvalue weighted by Gasteiger charge is 2.27. The van der Waals surface area contributed by atoms with E-state index in [-0.39, 0.29) is 6.03 Å². The van der Waals surface area contributed by atoms with Crippen LogP contribution >= 0.6 is 0 Å². The summed E-state index contributed by atoms with van der Waals surface area (Å²) in [5.74, 6) is 0. The van der Waals surface area contributed by atoms with Crippen molar-refractivity contribution in [2.24, 2.45) is 0 Å². The summed E-state index contributed by atoms with van der Waals surface area (Å²) in [6.07, 6.45) is 6.85. The van der Waals surface area contributed by atoms with E-state index in [9.17, 15) is 4.79 Å². The van der Waals surface area contributed by atoms with Gasteiger partial charge >= 0.3 is 6.03 Å². The Kier molecular flexibility index (Phi) is 7.81. The molecule has 1 atom stereocenters. The molecule has 2 amide bonds. The van der Waals surface area contributed by atoms with Crippen molar-refractivity contribution in [2.75, 3.05) is 50.7 Å². The first-order chi connectivity index (χ1) is 13.3. The Bertz CT molecular complexity index is 557. The first-order valence-electron chi connectivity index (χ1n) is 10.8. The number of anilines is 1. The predicted octanol–water partition coefficient (Wildman–Crippen LogP) is 3.56. The summed E-state index contributed by atoms with van der Waals surface area (Å²) in [6.45, 7) is 9.41. The minimum atomic E-state index is 0.155. The molecule has 0 radical (unpaired) electrons. The third-order valence-corrected chi connectivity index (χ3v) is 5.97. The number of nitrogens with zero attached hydrogens (tertiary/aromatic N) is 3. The number of likely N-dealkylation sites (tertiary alicyclic amines) is 1. The molecule has 1 aromatic carbocycles. The van der Waals surface area contributed by atoms with Gasteiger partial charge in [0.2, 0.25) is 0 Å². The van der Waals surface area contributed by atoms with Crippen LogP contribution in [0.1, 0.15) is 45.4 Å². The fourth-order valence-electron chi connectivity index (χ4n) is 4.24. The third kappa shape index (κ3) is 5.86. The van der Waals surface area contributed by atoms with Crippen molar-refractivity contribution < 1.29 is 4.79 Å². The van der Waals surface area contributed by atoms with Crippen molar-refractivity contribution >= 4 is 11.7 Å². The number of amides is 2. The van der Waals surface area contributed by atoms with Crippen LogP contribution in [-0.4, -0.2) is 67.7 Å². The van der Waals surface area contributed by atoms with E-state index in [0.717, 1.165) is 77.9 Å². The molecule has 2 fully saturated rings. The van der Waals surface area contributed by atoms with E-state index < -0.39 is 0 Å². The molecule has 1 N–H and O–H groups in total. The normalized spacial score (nSPS) is 21.3. The van der Waals surface area contributed by atoms with Gasteiger partial charge in [-0.05, 0) is 44.2 Å². The van der Waals surface area contributed by atoms with E-state index in [0.29, 0.717) is 6.04 Å². The van der Waals surface area contributed by atoms with Gasteiger partial charge < -0.3 is 15.1 Å². The highest BCUT2D eigenvalue weighted by Crippen LogP contribution is 2.21. The van der Waals surface area contributed by atoms with Gasteiger partial charge in [-0.2, -0.15) is 0 Å². The molecule has 0 saturated carbocycles. The number of para-hydroxylation sites is 1. The quantitative estimate of drug-likeness (QED) is 0.744. The Hall–Kier alpha value is -1.75. The van der Waals surface area contributed by atoms with Gasteiger partial charge in [0.15, 0.2) is 0 Å². The maximum Gasteiger partial charge on any atom is 0.317 e. The zero-order valence-electron chi connectivity index (χ0n) is 16.9. The topological polar surface area (TPSA) is 38.8 Å². The summed E-state index contributed by atoms with van der Waals surface area (Å²) >= 11 is 0. The second kappa shape index (κ2) is 10.5. The molecule has 2 heterocycles. The molecular formula is C22H36N4O. The van der Waals surface area contributed by atoms with E-state index in [2.05, 4.69) is 57.3 Å². The lowest BCUT2D eigenvalue weighted by Crippen LogP contribution is -2.51. The van der Waals surface area contributed by atoms with Crippen LogP contribution < -0.4 is 10.2 Å². The lowest BCUT2D eigenvalue weighted by Gasteiger charge is -2.39. The smallest absolute Gasteiger partial charge is 0.317 e. The summed E-state index contributed by atoms with van der Waals surface area (Å²) < 4.78 is 0. The molecule has 2 aliphatic rings. The van der Waals surface area contributed by atoms with Crippen LogP contribution in [0.2, 0.25) is 0 Å². The number of hydrogen-bond acceptors (Lipinski definition) is 3. The van der Waals surface area contributed by atoms with Gasteiger partial charge in [-0.1, -0.05) is 31.5 Å². The molecule has 0 aromatic heterocycles. The molecule has 150 valence electrons. The van der Waals surface area contributed by atoms with Gasteiger partial charge in [0.25, 0.3) is 0 Å². The number of benzene rings is 1. The first-order valence-corrected chi connectivity index (χ1v) is 10.8.